The summed E-state index contributed by atoms with van der Waals surface area (Å²) < 4.78 is 38.7. The van der Waals surface area contributed by atoms with E-state index in [0.29, 0.717) is 23.9 Å². The van der Waals surface area contributed by atoms with Crippen molar-refractivity contribution in [3.05, 3.63) is 64.1 Å². The van der Waals surface area contributed by atoms with Gasteiger partial charge < -0.3 is 0 Å². The molecule has 1 N–H and O–H groups in total. The van der Waals surface area contributed by atoms with Gasteiger partial charge in [0.25, 0.3) is 11.1 Å². The number of rotatable bonds is 6. The van der Waals surface area contributed by atoms with E-state index in [0.717, 1.165) is 23.8 Å². The van der Waals surface area contributed by atoms with Crippen molar-refractivity contribution in [3.63, 3.8) is 0 Å². The van der Waals surface area contributed by atoms with Crippen molar-refractivity contribution in [1.29, 1.82) is 0 Å². The van der Waals surface area contributed by atoms with E-state index in [-0.39, 0.29) is 21.3 Å². The second-order valence-electron chi connectivity index (χ2n) is 6.23. The zero-order chi connectivity index (χ0) is 21.8. The molecule has 2 unspecified atom stereocenters. The van der Waals surface area contributed by atoms with Crippen LogP contribution in [0.2, 0.25) is 4.71 Å². The SMILES string of the molecule is COC(=O)C([AsH2])Cc1ccc(Oc2cc(F)c(C=C3SC(=O)NC3=O)c(F)c2)cc1. The molecule has 0 aromatic heterocycles. The number of imide groups is 1. The van der Waals surface area contributed by atoms with E-state index in [2.05, 4.69) is 0 Å². The van der Waals surface area contributed by atoms with Gasteiger partial charge in [0.15, 0.2) is 0 Å². The van der Waals surface area contributed by atoms with Crippen LogP contribution in [0, 0.1) is 11.6 Å². The molecular formula is C20H16AsF2NO5S. The van der Waals surface area contributed by atoms with Crippen molar-refractivity contribution in [2.45, 2.75) is 11.1 Å². The van der Waals surface area contributed by atoms with E-state index in [4.69, 9.17) is 9.47 Å². The van der Waals surface area contributed by atoms with E-state index in [1.54, 1.807) is 24.3 Å². The van der Waals surface area contributed by atoms with Gasteiger partial charge in [-0.2, -0.15) is 0 Å². The van der Waals surface area contributed by atoms with Crippen molar-refractivity contribution in [2.24, 2.45) is 0 Å². The standard InChI is InChI=1S/C20H16AsF2NO5S/c1-28-19(26)14(21)6-10-2-4-11(5-3-10)29-12-7-15(22)13(16(23)8-12)9-17-18(25)24-20(27)30-17/h2-5,7-9,14H,6,21H2,1H3,(H,24,25,27). The molecule has 0 spiro atoms. The van der Waals surface area contributed by atoms with Gasteiger partial charge >= 0.3 is 141 Å². The summed E-state index contributed by atoms with van der Waals surface area (Å²) in [5.41, 5.74) is 0.451. The normalized spacial score (nSPS) is 15.8. The van der Waals surface area contributed by atoms with E-state index < -0.39 is 28.3 Å². The summed E-state index contributed by atoms with van der Waals surface area (Å²) in [4.78, 5) is 34.1. The first kappa shape index (κ1) is 22.1. The Balaban J connectivity index is 1.73. The summed E-state index contributed by atoms with van der Waals surface area (Å²) in [7, 11) is 1.34. The van der Waals surface area contributed by atoms with Gasteiger partial charge in [0, 0.05) is 0 Å². The topological polar surface area (TPSA) is 81.7 Å². The number of thioether (sulfide) groups is 1. The molecule has 30 heavy (non-hydrogen) atoms. The third kappa shape index (κ3) is 5.28. The Kier molecular flexibility index (Phi) is 6.94. The fraction of sp³-hybridized carbons (Fsp3) is 0.150. The molecule has 6 nitrogen and oxygen atoms in total. The molecule has 1 heterocycles. The van der Waals surface area contributed by atoms with Crippen LogP contribution in [0.5, 0.6) is 11.5 Å². The first-order valence-electron chi connectivity index (χ1n) is 8.61. The second-order valence-corrected chi connectivity index (χ2v) is 8.94. The molecule has 2 amide bonds. The van der Waals surface area contributed by atoms with Crippen molar-refractivity contribution in [3.8, 4) is 11.5 Å². The van der Waals surface area contributed by atoms with Crippen LogP contribution in [0.15, 0.2) is 41.3 Å². The minimum absolute atomic E-state index is 0.0641. The molecule has 0 aliphatic carbocycles. The fourth-order valence-corrected chi connectivity index (χ4v) is 4.15. The number of esters is 1. The van der Waals surface area contributed by atoms with Gasteiger partial charge in [-0.15, -0.1) is 0 Å². The number of halogens is 2. The van der Waals surface area contributed by atoms with Crippen LogP contribution in [0.25, 0.3) is 6.08 Å². The van der Waals surface area contributed by atoms with Gasteiger partial charge in [0.2, 0.25) is 0 Å². The molecule has 0 bridgehead atoms. The third-order valence-corrected chi connectivity index (χ3v) is 5.96. The number of hydrogen-bond acceptors (Lipinski definition) is 6. The Morgan fingerprint density at radius 3 is 2.33 bits per heavy atom. The molecule has 2 aromatic carbocycles. The predicted octanol–water partition coefficient (Wildman–Crippen LogP) is 3.22. The van der Waals surface area contributed by atoms with Crippen LogP contribution >= 0.6 is 11.8 Å². The Bertz CT molecular complexity index is 1020. The summed E-state index contributed by atoms with van der Waals surface area (Å²) in [6, 6.07) is 8.74. The number of benzene rings is 2. The van der Waals surface area contributed by atoms with Gasteiger partial charge in [0.1, 0.15) is 0 Å². The van der Waals surface area contributed by atoms with Gasteiger partial charge in [-0.25, -0.2) is 0 Å². The van der Waals surface area contributed by atoms with Crippen LogP contribution in [-0.4, -0.2) is 41.1 Å². The summed E-state index contributed by atoms with van der Waals surface area (Å²) in [6.07, 6.45) is 1.49. The van der Waals surface area contributed by atoms with Crippen LogP contribution in [-0.2, 0) is 20.7 Å². The van der Waals surface area contributed by atoms with Crippen molar-refractivity contribution in [1.82, 2.24) is 5.32 Å². The van der Waals surface area contributed by atoms with Gasteiger partial charge in [-0.1, -0.05) is 0 Å². The number of nitrogens with one attached hydrogen (secondary N) is 1. The molecule has 1 aliphatic heterocycles. The van der Waals surface area contributed by atoms with Crippen molar-refractivity contribution < 1.29 is 32.6 Å². The number of carbonyl (C=O) groups excluding carboxylic acids is 3. The molecule has 1 fully saturated rings. The number of hydrogen-bond donors (Lipinski definition) is 1. The van der Waals surface area contributed by atoms with E-state index in [1.807, 2.05) is 5.32 Å². The molecule has 1 saturated heterocycles. The Morgan fingerprint density at radius 2 is 1.80 bits per heavy atom. The fourth-order valence-electron chi connectivity index (χ4n) is 2.63. The number of carbonyl (C=O) groups is 3. The van der Waals surface area contributed by atoms with E-state index >= 15 is 0 Å². The second kappa shape index (κ2) is 9.45. The van der Waals surface area contributed by atoms with E-state index in [1.165, 1.54) is 24.0 Å². The van der Waals surface area contributed by atoms with Gasteiger partial charge in [-0.3, -0.25) is 14.9 Å². The average Bonchev–Trinajstić information content (AvgIpc) is 3.02. The van der Waals surface area contributed by atoms with E-state index in [9.17, 15) is 23.2 Å². The van der Waals surface area contributed by atoms with Crippen LogP contribution in [0.4, 0.5) is 13.6 Å². The molecule has 3 rings (SSSR count). The maximum atomic E-state index is 14.4. The molecule has 10 heteroatoms. The maximum absolute atomic E-state index is 14.4. The van der Waals surface area contributed by atoms with Gasteiger partial charge in [-0.05, 0) is 11.8 Å². The minimum atomic E-state index is -0.934. The molecular weight excluding hydrogens is 479 g/mol. The third-order valence-electron chi connectivity index (χ3n) is 4.09. The van der Waals surface area contributed by atoms with Crippen LogP contribution in [0.3, 0.4) is 0 Å². The quantitative estimate of drug-likeness (QED) is 0.377. The molecule has 156 valence electrons. The molecule has 0 radical (unpaired) electrons. The summed E-state index contributed by atoms with van der Waals surface area (Å²) >= 11 is 1.83. The first-order valence-corrected chi connectivity index (χ1v) is 10.8. The van der Waals surface area contributed by atoms with Crippen molar-refractivity contribution in [2.75, 3.05) is 7.11 Å². The summed E-state index contributed by atoms with van der Waals surface area (Å²) in [6.45, 7) is 0. The molecule has 2 aromatic rings. The Labute approximate surface area is 183 Å². The molecule has 2 atom stereocenters. The Hall–Kier alpha value is -2.64. The zero-order valence-electron chi connectivity index (χ0n) is 15.6. The van der Waals surface area contributed by atoms with Crippen molar-refractivity contribution >= 4 is 51.8 Å². The summed E-state index contributed by atoms with van der Waals surface area (Å²) in [5.74, 6) is -2.56. The van der Waals surface area contributed by atoms with Crippen LogP contribution in [0.1, 0.15) is 11.1 Å². The molecule has 1 aliphatic rings. The summed E-state index contributed by atoms with van der Waals surface area (Å²) in [5, 5.41) is 1.42. The predicted molar refractivity (Wildman–Crippen MR) is 110 cm³/mol. The molecule has 0 saturated carbocycles. The Morgan fingerprint density at radius 1 is 1.17 bits per heavy atom. The number of methoxy groups -OCH3 is 1. The van der Waals surface area contributed by atoms with Crippen LogP contribution < -0.4 is 10.1 Å². The number of ether oxygens (including phenoxy) is 2. The van der Waals surface area contributed by atoms with Gasteiger partial charge in [0.05, 0.1) is 4.91 Å². The average molecular weight is 495 g/mol. The monoisotopic (exact) mass is 495 g/mol. The number of amides is 2. The zero-order valence-corrected chi connectivity index (χ0v) is 18.8. The first-order chi connectivity index (χ1) is 14.3.